The van der Waals surface area contributed by atoms with Crippen molar-refractivity contribution in [1.29, 1.82) is 0 Å². The SMILES string of the molecule is COc1cc(Cl)c(F)cc1NC(=O)[C@@H]1CCC[C@H](C(=O)O)C1. The number of benzene rings is 1. The molecule has 0 bridgehead atoms. The van der Waals surface area contributed by atoms with Crippen molar-refractivity contribution in [3.05, 3.63) is 23.0 Å². The summed E-state index contributed by atoms with van der Waals surface area (Å²) in [7, 11) is 1.39. The highest BCUT2D eigenvalue weighted by Crippen LogP contribution is 2.33. The minimum Gasteiger partial charge on any atom is -0.495 e. The van der Waals surface area contributed by atoms with Crippen molar-refractivity contribution in [3.8, 4) is 5.75 Å². The number of anilines is 1. The van der Waals surface area contributed by atoms with Gasteiger partial charge in [0.05, 0.1) is 23.7 Å². The van der Waals surface area contributed by atoms with Crippen LogP contribution in [0.15, 0.2) is 12.1 Å². The van der Waals surface area contributed by atoms with Gasteiger partial charge in [-0.15, -0.1) is 0 Å². The summed E-state index contributed by atoms with van der Waals surface area (Å²) < 4.78 is 18.6. The Labute approximate surface area is 132 Å². The van der Waals surface area contributed by atoms with Gasteiger partial charge in [-0.3, -0.25) is 9.59 Å². The molecular formula is C15H17ClFNO4. The lowest BCUT2D eigenvalue weighted by Crippen LogP contribution is -2.31. The standard InChI is InChI=1S/C15H17ClFNO4/c1-22-13-6-10(16)11(17)7-12(13)18-14(19)8-3-2-4-9(5-8)15(20)21/h6-9H,2-5H2,1H3,(H,18,19)(H,20,21)/t8-,9+/m1/s1. The van der Waals surface area contributed by atoms with Gasteiger partial charge in [0.25, 0.3) is 0 Å². The Morgan fingerprint density at radius 1 is 1.36 bits per heavy atom. The molecule has 1 saturated carbocycles. The van der Waals surface area contributed by atoms with E-state index in [1.54, 1.807) is 0 Å². The van der Waals surface area contributed by atoms with Crippen molar-refractivity contribution >= 4 is 29.2 Å². The highest BCUT2D eigenvalue weighted by atomic mass is 35.5. The molecule has 0 radical (unpaired) electrons. The number of carboxylic acid groups (broad SMARTS) is 1. The quantitative estimate of drug-likeness (QED) is 0.888. The summed E-state index contributed by atoms with van der Waals surface area (Å²) in [5.41, 5.74) is 0.187. The monoisotopic (exact) mass is 329 g/mol. The van der Waals surface area contributed by atoms with Gasteiger partial charge in [0.2, 0.25) is 5.91 Å². The zero-order valence-corrected chi connectivity index (χ0v) is 12.8. The smallest absolute Gasteiger partial charge is 0.306 e. The zero-order valence-electron chi connectivity index (χ0n) is 12.1. The van der Waals surface area contributed by atoms with Crippen molar-refractivity contribution < 1.29 is 23.8 Å². The molecule has 0 unspecified atom stereocenters. The van der Waals surface area contributed by atoms with Gasteiger partial charge in [0.1, 0.15) is 11.6 Å². The number of nitrogens with one attached hydrogen (secondary N) is 1. The Morgan fingerprint density at radius 3 is 2.68 bits per heavy atom. The van der Waals surface area contributed by atoms with Crippen LogP contribution in [0.5, 0.6) is 5.75 Å². The number of halogens is 2. The molecule has 2 atom stereocenters. The van der Waals surface area contributed by atoms with Crippen molar-refractivity contribution in [3.63, 3.8) is 0 Å². The van der Waals surface area contributed by atoms with Crippen LogP contribution in [0.1, 0.15) is 25.7 Å². The third-order valence-electron chi connectivity index (χ3n) is 3.89. The Kier molecular flexibility index (Phi) is 5.24. The lowest BCUT2D eigenvalue weighted by Gasteiger charge is -2.26. The Hall–Kier alpha value is -1.82. The molecule has 1 aliphatic carbocycles. The zero-order chi connectivity index (χ0) is 16.3. The van der Waals surface area contributed by atoms with E-state index in [-0.39, 0.29) is 22.4 Å². The summed E-state index contributed by atoms with van der Waals surface area (Å²) in [6, 6.07) is 2.38. The van der Waals surface area contributed by atoms with Crippen molar-refractivity contribution in [2.24, 2.45) is 11.8 Å². The molecule has 2 rings (SSSR count). The van der Waals surface area contributed by atoms with Gasteiger partial charge in [-0.25, -0.2) is 4.39 Å². The van der Waals surface area contributed by atoms with E-state index < -0.39 is 23.6 Å². The summed E-state index contributed by atoms with van der Waals surface area (Å²) in [6.07, 6.45) is 2.17. The van der Waals surface area contributed by atoms with E-state index in [9.17, 15) is 14.0 Å². The van der Waals surface area contributed by atoms with Gasteiger partial charge in [-0.1, -0.05) is 18.0 Å². The Bertz CT molecular complexity index is 593. The van der Waals surface area contributed by atoms with Gasteiger partial charge >= 0.3 is 5.97 Å². The number of aliphatic carboxylic acids is 1. The summed E-state index contributed by atoms with van der Waals surface area (Å²) in [5, 5.41) is 11.6. The molecule has 0 heterocycles. The molecule has 1 aliphatic rings. The second-order valence-electron chi connectivity index (χ2n) is 5.35. The maximum Gasteiger partial charge on any atom is 0.306 e. The molecule has 1 amide bonds. The number of hydrogen-bond acceptors (Lipinski definition) is 3. The second-order valence-corrected chi connectivity index (χ2v) is 5.76. The predicted molar refractivity (Wildman–Crippen MR) is 79.7 cm³/mol. The first kappa shape index (κ1) is 16.5. The third-order valence-corrected chi connectivity index (χ3v) is 4.18. The summed E-state index contributed by atoms with van der Waals surface area (Å²) in [4.78, 5) is 23.3. The number of hydrogen-bond donors (Lipinski definition) is 2. The van der Waals surface area contributed by atoms with E-state index in [1.807, 2.05) is 0 Å². The minimum atomic E-state index is -0.882. The Morgan fingerprint density at radius 2 is 2.05 bits per heavy atom. The van der Waals surface area contributed by atoms with E-state index in [4.69, 9.17) is 21.4 Å². The maximum atomic E-state index is 13.5. The van der Waals surface area contributed by atoms with Crippen LogP contribution in [0.4, 0.5) is 10.1 Å². The molecule has 120 valence electrons. The lowest BCUT2D eigenvalue weighted by atomic mass is 9.81. The molecule has 0 spiro atoms. The number of rotatable bonds is 4. The first-order chi connectivity index (χ1) is 10.4. The van der Waals surface area contributed by atoms with E-state index in [2.05, 4.69) is 5.32 Å². The van der Waals surface area contributed by atoms with Gasteiger partial charge in [-0.05, 0) is 19.3 Å². The van der Waals surface area contributed by atoms with Crippen LogP contribution in [0, 0.1) is 17.7 Å². The van der Waals surface area contributed by atoms with Gasteiger partial charge in [0.15, 0.2) is 0 Å². The van der Waals surface area contributed by atoms with Gasteiger partial charge in [-0.2, -0.15) is 0 Å². The van der Waals surface area contributed by atoms with Crippen LogP contribution in [0.25, 0.3) is 0 Å². The average Bonchev–Trinajstić information content (AvgIpc) is 2.50. The highest BCUT2D eigenvalue weighted by molar-refractivity contribution is 6.31. The molecule has 0 aliphatic heterocycles. The summed E-state index contributed by atoms with van der Waals surface area (Å²) in [5.74, 6) is -2.53. The largest absolute Gasteiger partial charge is 0.495 e. The molecule has 5 nitrogen and oxygen atoms in total. The number of carbonyl (C=O) groups is 2. The van der Waals surface area contributed by atoms with Crippen molar-refractivity contribution in [2.45, 2.75) is 25.7 Å². The molecule has 1 aromatic rings. The van der Waals surface area contributed by atoms with E-state index >= 15 is 0 Å². The molecule has 7 heteroatoms. The summed E-state index contributed by atoms with van der Waals surface area (Å²) in [6.45, 7) is 0. The number of methoxy groups -OCH3 is 1. The van der Waals surface area contributed by atoms with Crippen LogP contribution >= 0.6 is 11.6 Å². The van der Waals surface area contributed by atoms with E-state index in [0.29, 0.717) is 25.7 Å². The van der Waals surface area contributed by atoms with Gasteiger partial charge < -0.3 is 15.2 Å². The van der Waals surface area contributed by atoms with Crippen LogP contribution < -0.4 is 10.1 Å². The van der Waals surface area contributed by atoms with Crippen molar-refractivity contribution in [2.75, 3.05) is 12.4 Å². The minimum absolute atomic E-state index is 0.0987. The molecule has 22 heavy (non-hydrogen) atoms. The van der Waals surface area contributed by atoms with E-state index in [1.165, 1.54) is 13.2 Å². The molecule has 1 aromatic carbocycles. The van der Waals surface area contributed by atoms with Crippen LogP contribution in [-0.4, -0.2) is 24.1 Å². The molecule has 0 saturated heterocycles. The summed E-state index contributed by atoms with van der Waals surface area (Å²) >= 11 is 5.67. The topological polar surface area (TPSA) is 75.6 Å². The van der Waals surface area contributed by atoms with Gasteiger partial charge in [0, 0.05) is 18.1 Å². The fourth-order valence-corrected chi connectivity index (χ4v) is 2.84. The number of carboxylic acids is 1. The number of ether oxygens (including phenoxy) is 1. The number of amides is 1. The van der Waals surface area contributed by atoms with Crippen LogP contribution in [0.3, 0.4) is 0 Å². The first-order valence-electron chi connectivity index (χ1n) is 6.99. The maximum absolute atomic E-state index is 13.5. The molecule has 1 fully saturated rings. The Balaban J connectivity index is 2.11. The normalized spacial score (nSPS) is 21.2. The molecule has 2 N–H and O–H groups in total. The molecule has 0 aromatic heterocycles. The lowest BCUT2D eigenvalue weighted by molar-refractivity contribution is -0.143. The third kappa shape index (κ3) is 3.68. The number of carbonyl (C=O) groups excluding carboxylic acids is 1. The van der Waals surface area contributed by atoms with E-state index in [0.717, 1.165) is 6.07 Å². The van der Waals surface area contributed by atoms with Crippen LogP contribution in [0.2, 0.25) is 5.02 Å². The predicted octanol–water partition coefficient (Wildman–Crippen LogP) is 3.32. The molecular weight excluding hydrogens is 313 g/mol. The highest BCUT2D eigenvalue weighted by Gasteiger charge is 2.31. The average molecular weight is 330 g/mol. The fraction of sp³-hybridized carbons (Fsp3) is 0.467. The fourth-order valence-electron chi connectivity index (χ4n) is 2.68. The van der Waals surface area contributed by atoms with Crippen LogP contribution in [-0.2, 0) is 9.59 Å². The first-order valence-corrected chi connectivity index (χ1v) is 7.37. The van der Waals surface area contributed by atoms with Crippen molar-refractivity contribution in [1.82, 2.24) is 0 Å². The second kappa shape index (κ2) is 6.96.